The second-order valence-corrected chi connectivity index (χ2v) is 7.17. The Kier molecular flexibility index (Phi) is 4.99. The van der Waals surface area contributed by atoms with E-state index in [-0.39, 0.29) is 24.5 Å². The van der Waals surface area contributed by atoms with Gasteiger partial charge in [-0.1, -0.05) is 6.07 Å². The number of carboxylic acid groups (broad SMARTS) is 1. The highest BCUT2D eigenvalue weighted by molar-refractivity contribution is 5.80. The van der Waals surface area contributed by atoms with Crippen LogP contribution in [0, 0.1) is 25.2 Å². The number of aryl methyl sites for hydroxylation is 2. The number of amides is 1. The zero-order chi connectivity index (χ0) is 18.0. The molecule has 1 aromatic carbocycles. The number of rotatable bonds is 4. The summed E-state index contributed by atoms with van der Waals surface area (Å²) in [6.07, 6.45) is 1.37. The number of nitrogens with zero attached hydrogens (tertiary/aromatic N) is 1. The van der Waals surface area contributed by atoms with Gasteiger partial charge in [0, 0.05) is 31.7 Å². The van der Waals surface area contributed by atoms with Crippen molar-refractivity contribution in [1.29, 1.82) is 0 Å². The van der Waals surface area contributed by atoms with Gasteiger partial charge in [0.25, 0.3) is 5.91 Å². The minimum Gasteiger partial charge on any atom is -0.484 e. The lowest BCUT2D eigenvalue weighted by atomic mass is 9.72. The van der Waals surface area contributed by atoms with Crippen molar-refractivity contribution in [2.24, 2.45) is 11.3 Å². The first-order chi connectivity index (χ1) is 11.9. The second-order valence-electron chi connectivity index (χ2n) is 7.17. The average Bonchev–Trinajstić information content (AvgIpc) is 2.95. The van der Waals surface area contributed by atoms with E-state index < -0.39 is 11.9 Å². The molecule has 2 fully saturated rings. The summed E-state index contributed by atoms with van der Waals surface area (Å²) in [5.41, 5.74) is 1.92. The third-order valence-electron chi connectivity index (χ3n) is 5.63. The first-order valence-electron chi connectivity index (χ1n) is 8.70. The normalized spacial score (nSPS) is 22.2. The number of hydrogen-bond donors (Lipinski definition) is 1. The Morgan fingerprint density at radius 1 is 1.28 bits per heavy atom. The number of carbonyl (C=O) groups is 2. The zero-order valence-corrected chi connectivity index (χ0v) is 14.8. The maximum Gasteiger partial charge on any atom is 0.308 e. The van der Waals surface area contributed by atoms with E-state index in [1.54, 1.807) is 4.90 Å². The molecule has 2 saturated heterocycles. The van der Waals surface area contributed by atoms with E-state index in [1.807, 2.05) is 32.0 Å². The lowest BCUT2D eigenvalue weighted by Crippen LogP contribution is -2.40. The highest BCUT2D eigenvalue weighted by atomic mass is 16.5. The fourth-order valence-electron chi connectivity index (χ4n) is 3.82. The summed E-state index contributed by atoms with van der Waals surface area (Å²) in [5.74, 6) is -0.853. The standard InChI is InChI=1S/C19H25NO5/c1-13-3-4-15(9-14(13)2)25-11-17(21)20-10-16(18(22)23)19(12-20)5-7-24-8-6-19/h3-4,9,16H,5-8,10-12H2,1-2H3,(H,22,23). The molecule has 0 aliphatic carbocycles. The fraction of sp³-hybridized carbons (Fsp3) is 0.579. The fourth-order valence-corrected chi connectivity index (χ4v) is 3.82. The summed E-state index contributed by atoms with van der Waals surface area (Å²) >= 11 is 0. The smallest absolute Gasteiger partial charge is 0.308 e. The van der Waals surface area contributed by atoms with Gasteiger partial charge < -0.3 is 19.5 Å². The molecule has 0 bridgehead atoms. The molecule has 1 unspecified atom stereocenters. The maximum atomic E-state index is 12.5. The number of ether oxygens (including phenoxy) is 2. The van der Waals surface area contributed by atoms with Gasteiger partial charge in [-0.3, -0.25) is 9.59 Å². The van der Waals surface area contributed by atoms with E-state index in [0.29, 0.717) is 38.3 Å². The Bertz CT molecular complexity index is 666. The van der Waals surface area contributed by atoms with Crippen molar-refractivity contribution in [2.45, 2.75) is 26.7 Å². The van der Waals surface area contributed by atoms with Crippen molar-refractivity contribution in [2.75, 3.05) is 32.9 Å². The predicted molar refractivity (Wildman–Crippen MR) is 91.6 cm³/mol. The van der Waals surface area contributed by atoms with Gasteiger partial charge in [0.15, 0.2) is 6.61 Å². The van der Waals surface area contributed by atoms with Crippen LogP contribution in [0.5, 0.6) is 5.75 Å². The SMILES string of the molecule is Cc1ccc(OCC(=O)N2CC(C(=O)O)C3(CCOCC3)C2)cc1C. The Hall–Kier alpha value is -2.08. The summed E-state index contributed by atoms with van der Waals surface area (Å²) in [6, 6.07) is 5.72. The maximum absolute atomic E-state index is 12.5. The van der Waals surface area contributed by atoms with Crippen LogP contribution in [-0.2, 0) is 14.3 Å². The molecule has 3 rings (SSSR count). The summed E-state index contributed by atoms with van der Waals surface area (Å²) in [5, 5.41) is 9.58. The number of likely N-dealkylation sites (tertiary alicyclic amines) is 1. The topological polar surface area (TPSA) is 76.1 Å². The van der Waals surface area contributed by atoms with Gasteiger partial charge in [-0.05, 0) is 49.9 Å². The van der Waals surface area contributed by atoms with Crippen LogP contribution in [0.15, 0.2) is 18.2 Å². The van der Waals surface area contributed by atoms with Crippen LogP contribution in [0.2, 0.25) is 0 Å². The molecule has 2 aliphatic rings. The van der Waals surface area contributed by atoms with E-state index in [9.17, 15) is 14.7 Å². The van der Waals surface area contributed by atoms with Gasteiger partial charge >= 0.3 is 5.97 Å². The van der Waals surface area contributed by atoms with Crippen molar-refractivity contribution >= 4 is 11.9 Å². The first kappa shape index (κ1) is 17.7. The van der Waals surface area contributed by atoms with Gasteiger partial charge in [-0.15, -0.1) is 0 Å². The third-order valence-corrected chi connectivity index (χ3v) is 5.63. The summed E-state index contributed by atoms with van der Waals surface area (Å²) < 4.78 is 11.0. The van der Waals surface area contributed by atoms with Crippen molar-refractivity contribution < 1.29 is 24.2 Å². The zero-order valence-electron chi connectivity index (χ0n) is 14.8. The van der Waals surface area contributed by atoms with E-state index in [0.717, 1.165) is 5.56 Å². The summed E-state index contributed by atoms with van der Waals surface area (Å²) in [4.78, 5) is 25.9. The molecule has 1 aromatic rings. The molecule has 1 amide bonds. The molecule has 0 saturated carbocycles. The van der Waals surface area contributed by atoms with E-state index in [4.69, 9.17) is 9.47 Å². The quantitative estimate of drug-likeness (QED) is 0.902. The molecule has 1 atom stereocenters. The van der Waals surface area contributed by atoms with Gasteiger partial charge in [-0.2, -0.15) is 0 Å². The molecule has 6 heteroatoms. The molecule has 2 heterocycles. The minimum atomic E-state index is -0.827. The van der Waals surface area contributed by atoms with Crippen molar-refractivity contribution in [3.63, 3.8) is 0 Å². The molecule has 1 N–H and O–H groups in total. The summed E-state index contributed by atoms with van der Waals surface area (Å²) in [7, 11) is 0. The third kappa shape index (κ3) is 3.63. The number of hydrogen-bond acceptors (Lipinski definition) is 4. The molecule has 136 valence electrons. The number of carboxylic acids is 1. The van der Waals surface area contributed by atoms with E-state index in [1.165, 1.54) is 5.56 Å². The molecule has 0 aromatic heterocycles. The molecule has 6 nitrogen and oxygen atoms in total. The highest BCUT2D eigenvalue weighted by Crippen LogP contribution is 2.44. The van der Waals surface area contributed by atoms with Crippen LogP contribution >= 0.6 is 0 Å². The van der Waals surface area contributed by atoms with E-state index >= 15 is 0 Å². The Balaban J connectivity index is 1.64. The predicted octanol–water partition coefficient (Wildman–Crippen LogP) is 2.02. The van der Waals surface area contributed by atoms with Gasteiger partial charge in [0.1, 0.15) is 5.75 Å². The van der Waals surface area contributed by atoms with Gasteiger partial charge in [-0.25, -0.2) is 0 Å². The van der Waals surface area contributed by atoms with Crippen molar-refractivity contribution in [3.8, 4) is 5.75 Å². The molecule has 0 radical (unpaired) electrons. The number of carbonyl (C=O) groups excluding carboxylic acids is 1. The Morgan fingerprint density at radius 3 is 2.64 bits per heavy atom. The molecular weight excluding hydrogens is 322 g/mol. The lowest BCUT2D eigenvalue weighted by Gasteiger charge is -2.36. The highest BCUT2D eigenvalue weighted by Gasteiger charge is 2.51. The van der Waals surface area contributed by atoms with Crippen LogP contribution in [0.3, 0.4) is 0 Å². The molecular formula is C19H25NO5. The first-order valence-corrected chi connectivity index (χ1v) is 8.70. The van der Waals surface area contributed by atoms with E-state index in [2.05, 4.69) is 0 Å². The van der Waals surface area contributed by atoms with Crippen LogP contribution in [0.4, 0.5) is 0 Å². The number of aliphatic carboxylic acids is 1. The molecule has 2 aliphatic heterocycles. The molecule has 1 spiro atoms. The van der Waals surface area contributed by atoms with Crippen LogP contribution in [-0.4, -0.2) is 54.8 Å². The Labute approximate surface area is 147 Å². The molecule has 25 heavy (non-hydrogen) atoms. The largest absolute Gasteiger partial charge is 0.484 e. The second kappa shape index (κ2) is 7.04. The monoisotopic (exact) mass is 347 g/mol. The average molecular weight is 347 g/mol. The van der Waals surface area contributed by atoms with Crippen LogP contribution < -0.4 is 4.74 Å². The lowest BCUT2D eigenvalue weighted by molar-refractivity contribution is -0.146. The van der Waals surface area contributed by atoms with Crippen molar-refractivity contribution in [3.05, 3.63) is 29.3 Å². The van der Waals surface area contributed by atoms with Crippen LogP contribution in [0.1, 0.15) is 24.0 Å². The Morgan fingerprint density at radius 2 is 2.00 bits per heavy atom. The van der Waals surface area contributed by atoms with Crippen molar-refractivity contribution in [1.82, 2.24) is 4.90 Å². The van der Waals surface area contributed by atoms with Gasteiger partial charge in [0.2, 0.25) is 0 Å². The summed E-state index contributed by atoms with van der Waals surface area (Å²) in [6.45, 7) is 5.80. The van der Waals surface area contributed by atoms with Crippen LogP contribution in [0.25, 0.3) is 0 Å². The van der Waals surface area contributed by atoms with Gasteiger partial charge in [0.05, 0.1) is 5.92 Å². The number of benzene rings is 1. The minimum absolute atomic E-state index is 0.0680.